The zero-order chi connectivity index (χ0) is 13.0. The molecule has 4 heteroatoms. The molecule has 0 aliphatic rings. The third-order valence-electron chi connectivity index (χ3n) is 2.49. The topological polar surface area (TPSA) is 35.8 Å². The molecule has 0 spiro atoms. The van der Waals surface area contributed by atoms with Gasteiger partial charge in [-0.1, -0.05) is 47.5 Å². The molecular weight excluding hydrogens is 267 g/mol. The van der Waals surface area contributed by atoms with Crippen LogP contribution in [0.3, 0.4) is 0 Å². The van der Waals surface area contributed by atoms with Gasteiger partial charge < -0.3 is 5.32 Å². The van der Waals surface area contributed by atoms with E-state index in [1.54, 1.807) is 18.2 Å². The summed E-state index contributed by atoms with van der Waals surface area (Å²) in [4.78, 5) is 0. The van der Waals surface area contributed by atoms with Gasteiger partial charge in [-0.05, 0) is 24.3 Å². The maximum atomic E-state index is 9.23. The number of nitrogens with zero attached hydrogens (tertiary/aromatic N) is 1. The molecule has 2 aromatic carbocycles. The van der Waals surface area contributed by atoms with E-state index in [2.05, 4.69) is 11.4 Å². The highest BCUT2D eigenvalue weighted by Gasteiger charge is 2.13. The number of rotatable bonds is 3. The summed E-state index contributed by atoms with van der Waals surface area (Å²) in [5, 5.41) is 13.4. The van der Waals surface area contributed by atoms with Gasteiger partial charge in [0.05, 0.1) is 6.07 Å². The summed E-state index contributed by atoms with van der Waals surface area (Å²) in [5.41, 5.74) is 1.59. The van der Waals surface area contributed by atoms with Crippen LogP contribution in [0, 0.1) is 11.3 Å². The van der Waals surface area contributed by atoms with E-state index >= 15 is 0 Å². The van der Waals surface area contributed by atoms with Crippen LogP contribution in [0.1, 0.15) is 11.6 Å². The molecule has 0 heterocycles. The monoisotopic (exact) mass is 276 g/mol. The summed E-state index contributed by atoms with van der Waals surface area (Å²) >= 11 is 11.9. The predicted molar refractivity (Wildman–Crippen MR) is 74.9 cm³/mol. The number of nitriles is 1. The summed E-state index contributed by atoms with van der Waals surface area (Å²) in [6, 6.07) is 16.3. The number of halogens is 2. The Morgan fingerprint density at radius 2 is 1.78 bits per heavy atom. The van der Waals surface area contributed by atoms with E-state index in [1.165, 1.54) is 0 Å². The van der Waals surface area contributed by atoms with Crippen molar-refractivity contribution in [1.82, 2.24) is 0 Å². The number of para-hydroxylation sites is 1. The zero-order valence-electron chi connectivity index (χ0n) is 9.40. The Bertz CT molecular complexity index is 576. The van der Waals surface area contributed by atoms with Gasteiger partial charge in [0.2, 0.25) is 0 Å². The van der Waals surface area contributed by atoms with Crippen LogP contribution in [-0.4, -0.2) is 0 Å². The fourth-order valence-electron chi connectivity index (χ4n) is 1.62. The number of hydrogen-bond acceptors (Lipinski definition) is 2. The van der Waals surface area contributed by atoms with Crippen molar-refractivity contribution in [1.29, 1.82) is 5.26 Å². The van der Waals surface area contributed by atoms with Gasteiger partial charge in [0.1, 0.15) is 6.04 Å². The van der Waals surface area contributed by atoms with Crippen LogP contribution in [0.4, 0.5) is 5.69 Å². The molecule has 18 heavy (non-hydrogen) atoms. The van der Waals surface area contributed by atoms with Gasteiger partial charge in [0.25, 0.3) is 0 Å². The molecule has 0 aliphatic heterocycles. The molecular formula is C14H10Cl2N2. The number of hydrogen-bond donors (Lipinski definition) is 1. The van der Waals surface area contributed by atoms with Crippen LogP contribution in [0.5, 0.6) is 0 Å². The Morgan fingerprint density at radius 1 is 1.06 bits per heavy atom. The van der Waals surface area contributed by atoms with E-state index in [0.29, 0.717) is 15.6 Å². The average molecular weight is 277 g/mol. The van der Waals surface area contributed by atoms with Gasteiger partial charge in [-0.3, -0.25) is 0 Å². The molecule has 2 nitrogen and oxygen atoms in total. The fraction of sp³-hybridized carbons (Fsp3) is 0.0714. The second-order valence-electron chi connectivity index (χ2n) is 3.74. The van der Waals surface area contributed by atoms with Gasteiger partial charge in [0, 0.05) is 21.3 Å². The van der Waals surface area contributed by atoms with Crippen LogP contribution in [0.2, 0.25) is 10.0 Å². The zero-order valence-corrected chi connectivity index (χ0v) is 10.9. The molecule has 0 radical (unpaired) electrons. The lowest BCUT2D eigenvalue weighted by atomic mass is 10.1. The third kappa shape index (κ3) is 2.95. The summed E-state index contributed by atoms with van der Waals surface area (Å²) in [7, 11) is 0. The second-order valence-corrected chi connectivity index (χ2v) is 4.58. The van der Waals surface area contributed by atoms with E-state index in [4.69, 9.17) is 23.2 Å². The van der Waals surface area contributed by atoms with Crippen molar-refractivity contribution in [3.63, 3.8) is 0 Å². The minimum atomic E-state index is -0.503. The van der Waals surface area contributed by atoms with Crippen molar-refractivity contribution >= 4 is 28.9 Å². The van der Waals surface area contributed by atoms with Crippen molar-refractivity contribution < 1.29 is 0 Å². The molecule has 0 saturated carbocycles. The van der Waals surface area contributed by atoms with Crippen molar-refractivity contribution in [2.24, 2.45) is 0 Å². The standard InChI is InChI=1S/C14H10Cl2N2/c15-10-6-7-12(13(16)8-10)14(9-17)18-11-4-2-1-3-5-11/h1-8,14,18H. The molecule has 0 fully saturated rings. The lowest BCUT2D eigenvalue weighted by molar-refractivity contribution is 0.998. The minimum Gasteiger partial charge on any atom is -0.366 e. The van der Waals surface area contributed by atoms with Gasteiger partial charge in [-0.25, -0.2) is 0 Å². The van der Waals surface area contributed by atoms with E-state index < -0.39 is 6.04 Å². The summed E-state index contributed by atoms with van der Waals surface area (Å²) in [6.45, 7) is 0. The molecule has 2 rings (SSSR count). The first-order valence-corrected chi connectivity index (χ1v) is 6.12. The molecule has 0 saturated heterocycles. The van der Waals surface area contributed by atoms with Crippen LogP contribution in [0.25, 0.3) is 0 Å². The third-order valence-corrected chi connectivity index (χ3v) is 3.05. The van der Waals surface area contributed by atoms with E-state index in [-0.39, 0.29) is 0 Å². The second kappa shape index (κ2) is 5.77. The number of benzene rings is 2. The highest BCUT2D eigenvalue weighted by atomic mass is 35.5. The largest absolute Gasteiger partial charge is 0.366 e. The average Bonchev–Trinajstić information content (AvgIpc) is 2.38. The van der Waals surface area contributed by atoms with Crippen LogP contribution in [0.15, 0.2) is 48.5 Å². The van der Waals surface area contributed by atoms with Gasteiger partial charge in [-0.15, -0.1) is 0 Å². The fourth-order valence-corrected chi connectivity index (χ4v) is 2.13. The molecule has 1 unspecified atom stereocenters. The van der Waals surface area contributed by atoms with Gasteiger partial charge >= 0.3 is 0 Å². The highest BCUT2D eigenvalue weighted by Crippen LogP contribution is 2.28. The Kier molecular flexibility index (Phi) is 4.09. The molecule has 0 aromatic heterocycles. The first kappa shape index (κ1) is 12.8. The quantitative estimate of drug-likeness (QED) is 0.884. The van der Waals surface area contributed by atoms with E-state index in [0.717, 1.165) is 5.69 Å². The Labute approximate surface area is 116 Å². The van der Waals surface area contributed by atoms with Crippen LogP contribution in [-0.2, 0) is 0 Å². The minimum absolute atomic E-state index is 0.484. The highest BCUT2D eigenvalue weighted by molar-refractivity contribution is 6.35. The molecule has 90 valence electrons. The molecule has 0 bridgehead atoms. The summed E-state index contributed by atoms with van der Waals surface area (Å²) < 4.78 is 0. The molecule has 1 N–H and O–H groups in total. The molecule has 0 aliphatic carbocycles. The smallest absolute Gasteiger partial charge is 0.141 e. The summed E-state index contributed by atoms with van der Waals surface area (Å²) in [6.07, 6.45) is 0. The summed E-state index contributed by atoms with van der Waals surface area (Å²) in [5.74, 6) is 0. The normalized spacial score (nSPS) is 11.6. The van der Waals surface area contributed by atoms with Crippen molar-refractivity contribution in [3.05, 3.63) is 64.1 Å². The first-order chi connectivity index (χ1) is 8.70. The lowest BCUT2D eigenvalue weighted by Crippen LogP contribution is -2.08. The Balaban J connectivity index is 2.27. The van der Waals surface area contributed by atoms with Crippen molar-refractivity contribution in [2.45, 2.75) is 6.04 Å². The van der Waals surface area contributed by atoms with Crippen molar-refractivity contribution in [2.75, 3.05) is 5.32 Å². The number of anilines is 1. The van der Waals surface area contributed by atoms with Gasteiger partial charge in [0.15, 0.2) is 0 Å². The maximum absolute atomic E-state index is 9.23. The van der Waals surface area contributed by atoms with Crippen LogP contribution >= 0.6 is 23.2 Å². The lowest BCUT2D eigenvalue weighted by Gasteiger charge is -2.14. The van der Waals surface area contributed by atoms with Crippen LogP contribution < -0.4 is 5.32 Å². The molecule has 2 aromatic rings. The van der Waals surface area contributed by atoms with E-state index in [1.807, 2.05) is 30.3 Å². The van der Waals surface area contributed by atoms with E-state index in [9.17, 15) is 5.26 Å². The Morgan fingerprint density at radius 3 is 2.39 bits per heavy atom. The van der Waals surface area contributed by atoms with Gasteiger partial charge in [-0.2, -0.15) is 5.26 Å². The predicted octanol–water partition coefficient (Wildman–Crippen LogP) is 4.67. The molecule has 0 amide bonds. The SMILES string of the molecule is N#CC(Nc1ccccc1)c1ccc(Cl)cc1Cl. The first-order valence-electron chi connectivity index (χ1n) is 5.37. The Hall–Kier alpha value is -1.69. The maximum Gasteiger partial charge on any atom is 0.141 e. The molecule has 1 atom stereocenters. The van der Waals surface area contributed by atoms with Crippen molar-refractivity contribution in [3.8, 4) is 6.07 Å². The number of nitrogens with one attached hydrogen (secondary N) is 1.